The van der Waals surface area contributed by atoms with Crippen molar-refractivity contribution in [2.24, 2.45) is 0 Å². The highest BCUT2D eigenvalue weighted by atomic mass is 35.7. The first-order valence-electron chi connectivity index (χ1n) is 4.98. The molecule has 1 fully saturated rings. The molecule has 1 atom stereocenters. The number of benzene rings is 1. The van der Waals surface area contributed by atoms with E-state index in [9.17, 15) is 17.6 Å². The molecule has 1 aromatic rings. The van der Waals surface area contributed by atoms with E-state index in [2.05, 4.69) is 0 Å². The molecular weight excluding hydrogens is 304 g/mol. The molecule has 1 heterocycles. The zero-order chi connectivity index (χ0) is 13.5. The van der Waals surface area contributed by atoms with E-state index in [4.69, 9.17) is 22.3 Å². The third-order valence-electron chi connectivity index (χ3n) is 2.69. The molecule has 2 rings (SSSR count). The first kappa shape index (κ1) is 13.6. The molecule has 0 aromatic heterocycles. The maximum atomic E-state index is 12.9. The van der Waals surface area contributed by atoms with Crippen LogP contribution in [0, 0.1) is 5.82 Å². The monoisotopic (exact) mass is 311 g/mol. The lowest BCUT2D eigenvalue weighted by atomic mass is 10.3. The van der Waals surface area contributed by atoms with Crippen LogP contribution in [-0.2, 0) is 13.8 Å². The SMILES string of the molecule is O=C1CC(S(=O)(=O)Cl)CN1c1ccc(F)cc1Cl. The second-order valence-corrected chi connectivity index (χ2v) is 7.22. The van der Waals surface area contributed by atoms with Gasteiger partial charge in [0.05, 0.1) is 10.7 Å². The van der Waals surface area contributed by atoms with Gasteiger partial charge in [-0.3, -0.25) is 4.79 Å². The van der Waals surface area contributed by atoms with Crippen LogP contribution in [0.15, 0.2) is 18.2 Å². The summed E-state index contributed by atoms with van der Waals surface area (Å²) in [6, 6.07) is 3.54. The Bertz CT molecular complexity index is 605. The van der Waals surface area contributed by atoms with Gasteiger partial charge in [0.1, 0.15) is 11.1 Å². The minimum Gasteiger partial charge on any atom is -0.310 e. The Kier molecular flexibility index (Phi) is 3.53. The summed E-state index contributed by atoms with van der Waals surface area (Å²) >= 11 is 5.82. The van der Waals surface area contributed by atoms with Gasteiger partial charge in [-0.2, -0.15) is 0 Å². The molecule has 4 nitrogen and oxygen atoms in total. The maximum absolute atomic E-state index is 12.9. The molecule has 8 heteroatoms. The Hall–Kier alpha value is -0.850. The van der Waals surface area contributed by atoms with Crippen molar-refractivity contribution in [1.29, 1.82) is 0 Å². The van der Waals surface area contributed by atoms with Gasteiger partial charge in [0, 0.05) is 23.6 Å². The lowest BCUT2D eigenvalue weighted by Crippen LogP contribution is -2.27. The molecule has 0 radical (unpaired) electrons. The number of hydrogen-bond donors (Lipinski definition) is 0. The van der Waals surface area contributed by atoms with Crippen LogP contribution >= 0.6 is 22.3 Å². The molecule has 0 N–H and O–H groups in total. The molecule has 1 aliphatic heterocycles. The van der Waals surface area contributed by atoms with E-state index in [0.29, 0.717) is 0 Å². The third kappa shape index (κ3) is 2.60. The van der Waals surface area contributed by atoms with Crippen molar-refractivity contribution in [2.75, 3.05) is 11.4 Å². The summed E-state index contributed by atoms with van der Waals surface area (Å²) < 4.78 is 35.3. The van der Waals surface area contributed by atoms with Gasteiger partial charge in [0.2, 0.25) is 15.0 Å². The fourth-order valence-electron chi connectivity index (χ4n) is 1.80. The lowest BCUT2D eigenvalue weighted by Gasteiger charge is -2.17. The Balaban J connectivity index is 2.33. The molecule has 1 saturated heterocycles. The Morgan fingerprint density at radius 2 is 2.06 bits per heavy atom. The number of carbonyl (C=O) groups is 1. The molecule has 0 bridgehead atoms. The van der Waals surface area contributed by atoms with Crippen LogP contribution in [0.5, 0.6) is 0 Å². The summed E-state index contributed by atoms with van der Waals surface area (Å²) in [5.41, 5.74) is 0.283. The summed E-state index contributed by atoms with van der Waals surface area (Å²) in [5, 5.41) is -0.913. The van der Waals surface area contributed by atoms with E-state index in [1.165, 1.54) is 11.0 Å². The molecule has 1 unspecified atom stereocenters. The summed E-state index contributed by atoms with van der Waals surface area (Å²) in [6.45, 7) is -0.0734. The summed E-state index contributed by atoms with van der Waals surface area (Å²) in [4.78, 5) is 12.9. The van der Waals surface area contributed by atoms with Crippen molar-refractivity contribution in [2.45, 2.75) is 11.7 Å². The fourth-order valence-corrected chi connectivity index (χ4v) is 3.09. The van der Waals surface area contributed by atoms with Gasteiger partial charge < -0.3 is 4.90 Å². The van der Waals surface area contributed by atoms with Gasteiger partial charge in [-0.1, -0.05) is 11.6 Å². The summed E-state index contributed by atoms with van der Waals surface area (Å²) in [6.07, 6.45) is -0.195. The molecule has 98 valence electrons. The molecule has 0 saturated carbocycles. The first-order chi connectivity index (χ1) is 8.29. The number of rotatable bonds is 2. The number of nitrogens with zero attached hydrogens (tertiary/aromatic N) is 1. The van der Waals surface area contributed by atoms with Crippen molar-refractivity contribution in [3.05, 3.63) is 29.0 Å². The quantitative estimate of drug-likeness (QED) is 0.786. The normalized spacial score (nSPS) is 20.5. The van der Waals surface area contributed by atoms with E-state index >= 15 is 0 Å². The predicted octanol–water partition coefficient (Wildman–Crippen LogP) is 2.15. The van der Waals surface area contributed by atoms with Gasteiger partial charge in [-0.25, -0.2) is 12.8 Å². The zero-order valence-corrected chi connectivity index (χ0v) is 11.3. The molecule has 18 heavy (non-hydrogen) atoms. The highest BCUT2D eigenvalue weighted by Crippen LogP contribution is 2.32. The van der Waals surface area contributed by atoms with Crippen LogP contribution in [0.3, 0.4) is 0 Å². The number of anilines is 1. The number of halogens is 3. The average molecular weight is 312 g/mol. The Morgan fingerprint density at radius 1 is 1.39 bits per heavy atom. The van der Waals surface area contributed by atoms with Crippen LogP contribution in [0.4, 0.5) is 10.1 Å². The topological polar surface area (TPSA) is 54.5 Å². The van der Waals surface area contributed by atoms with Crippen molar-refractivity contribution < 1.29 is 17.6 Å². The van der Waals surface area contributed by atoms with Gasteiger partial charge in [0.15, 0.2) is 0 Å². The number of carbonyl (C=O) groups excluding carboxylic acids is 1. The fraction of sp³-hybridized carbons (Fsp3) is 0.300. The second kappa shape index (κ2) is 4.68. The van der Waals surface area contributed by atoms with Crippen molar-refractivity contribution in [3.63, 3.8) is 0 Å². The minimum atomic E-state index is -3.80. The molecule has 0 spiro atoms. The van der Waals surface area contributed by atoms with E-state index in [1.807, 2.05) is 0 Å². The van der Waals surface area contributed by atoms with Gasteiger partial charge >= 0.3 is 0 Å². The molecule has 1 amide bonds. The molecule has 1 aromatic carbocycles. The maximum Gasteiger partial charge on any atom is 0.237 e. The Morgan fingerprint density at radius 3 is 2.56 bits per heavy atom. The summed E-state index contributed by atoms with van der Waals surface area (Å²) in [7, 11) is 1.42. The van der Waals surface area contributed by atoms with E-state index in [0.717, 1.165) is 12.1 Å². The second-order valence-electron chi connectivity index (χ2n) is 3.90. The van der Waals surface area contributed by atoms with Crippen molar-refractivity contribution in [3.8, 4) is 0 Å². The Labute approximate surface area is 113 Å². The lowest BCUT2D eigenvalue weighted by molar-refractivity contribution is -0.117. The standard InChI is InChI=1S/C10H8Cl2FNO3S/c11-8-3-6(13)1-2-9(8)14-5-7(4-10(14)15)18(12,16)17/h1-3,7H,4-5H2. The highest BCUT2D eigenvalue weighted by Gasteiger charge is 2.38. The smallest absolute Gasteiger partial charge is 0.237 e. The van der Waals surface area contributed by atoms with E-state index < -0.39 is 26.0 Å². The molecule has 1 aliphatic rings. The molecular formula is C10H8Cl2FNO3S. The van der Waals surface area contributed by atoms with Crippen LogP contribution in [0.25, 0.3) is 0 Å². The van der Waals surface area contributed by atoms with Crippen molar-refractivity contribution in [1.82, 2.24) is 0 Å². The minimum absolute atomic E-state index is 0.0518. The first-order valence-corrected chi connectivity index (χ1v) is 7.73. The van der Waals surface area contributed by atoms with E-state index in [1.54, 1.807) is 0 Å². The van der Waals surface area contributed by atoms with Crippen LogP contribution < -0.4 is 4.90 Å². The van der Waals surface area contributed by atoms with Gasteiger partial charge in [0.25, 0.3) is 0 Å². The largest absolute Gasteiger partial charge is 0.310 e. The number of amides is 1. The van der Waals surface area contributed by atoms with Crippen LogP contribution in [-0.4, -0.2) is 26.1 Å². The van der Waals surface area contributed by atoms with Crippen molar-refractivity contribution >= 4 is 42.9 Å². The highest BCUT2D eigenvalue weighted by molar-refractivity contribution is 8.14. The van der Waals surface area contributed by atoms with Gasteiger partial charge in [-0.15, -0.1) is 0 Å². The number of hydrogen-bond acceptors (Lipinski definition) is 3. The average Bonchev–Trinajstić information content (AvgIpc) is 2.60. The summed E-state index contributed by atoms with van der Waals surface area (Å²) in [5.74, 6) is -0.936. The van der Waals surface area contributed by atoms with E-state index in [-0.39, 0.29) is 23.7 Å². The molecule has 0 aliphatic carbocycles. The third-order valence-corrected chi connectivity index (χ3v) is 4.86. The van der Waals surface area contributed by atoms with Gasteiger partial charge in [-0.05, 0) is 18.2 Å². The predicted molar refractivity (Wildman–Crippen MR) is 66.9 cm³/mol. The van der Waals surface area contributed by atoms with Crippen LogP contribution in [0.2, 0.25) is 5.02 Å². The zero-order valence-electron chi connectivity index (χ0n) is 8.94. The van der Waals surface area contributed by atoms with Crippen LogP contribution in [0.1, 0.15) is 6.42 Å².